The number of nitrogen functional groups attached to an aromatic ring is 1. The SMILES string of the molecule is Nc1ncc(Br)cc1C(=O)Nc1ccc(CO)cc1. The number of pyridine rings is 1. The maximum absolute atomic E-state index is 12.0. The number of benzene rings is 1. The lowest BCUT2D eigenvalue weighted by Crippen LogP contribution is -2.14. The Morgan fingerprint density at radius 1 is 1.37 bits per heavy atom. The minimum atomic E-state index is -0.331. The molecule has 0 aliphatic heterocycles. The fraction of sp³-hybridized carbons (Fsp3) is 0.0769. The molecule has 2 aromatic rings. The molecule has 1 aromatic heterocycles. The second-order valence-electron chi connectivity index (χ2n) is 3.90. The first-order chi connectivity index (χ1) is 9.10. The van der Waals surface area contributed by atoms with E-state index in [0.717, 1.165) is 5.56 Å². The molecule has 0 unspecified atom stereocenters. The van der Waals surface area contributed by atoms with E-state index >= 15 is 0 Å². The zero-order valence-corrected chi connectivity index (χ0v) is 11.5. The van der Waals surface area contributed by atoms with Crippen molar-refractivity contribution >= 4 is 33.3 Å². The van der Waals surface area contributed by atoms with Crippen LogP contribution in [0.5, 0.6) is 0 Å². The number of nitrogens with one attached hydrogen (secondary N) is 1. The molecule has 98 valence electrons. The van der Waals surface area contributed by atoms with Crippen molar-refractivity contribution in [2.45, 2.75) is 6.61 Å². The van der Waals surface area contributed by atoms with Crippen molar-refractivity contribution in [2.75, 3.05) is 11.1 Å². The lowest BCUT2D eigenvalue weighted by molar-refractivity contribution is 0.102. The van der Waals surface area contributed by atoms with E-state index in [9.17, 15) is 4.79 Å². The van der Waals surface area contributed by atoms with E-state index < -0.39 is 0 Å². The van der Waals surface area contributed by atoms with Crippen molar-refractivity contribution < 1.29 is 9.90 Å². The molecule has 1 aromatic carbocycles. The van der Waals surface area contributed by atoms with E-state index in [-0.39, 0.29) is 18.3 Å². The standard InChI is InChI=1S/C13H12BrN3O2/c14-9-5-11(12(15)16-6-9)13(19)17-10-3-1-8(7-18)2-4-10/h1-6,18H,7H2,(H2,15,16)(H,17,19). The van der Waals surface area contributed by atoms with Gasteiger partial charge >= 0.3 is 0 Å². The highest BCUT2D eigenvalue weighted by atomic mass is 79.9. The fourth-order valence-electron chi connectivity index (χ4n) is 1.52. The summed E-state index contributed by atoms with van der Waals surface area (Å²) in [5.74, 6) is -0.157. The molecule has 0 aliphatic carbocycles. The summed E-state index contributed by atoms with van der Waals surface area (Å²) in [6.45, 7) is -0.0310. The molecular formula is C13H12BrN3O2. The van der Waals surface area contributed by atoms with Gasteiger partial charge in [-0.2, -0.15) is 0 Å². The fourth-order valence-corrected chi connectivity index (χ4v) is 1.85. The van der Waals surface area contributed by atoms with E-state index in [2.05, 4.69) is 26.2 Å². The normalized spacial score (nSPS) is 10.2. The summed E-state index contributed by atoms with van der Waals surface area (Å²) in [7, 11) is 0. The topological polar surface area (TPSA) is 88.2 Å². The first-order valence-electron chi connectivity index (χ1n) is 5.52. The van der Waals surface area contributed by atoms with Crippen LogP contribution in [0.1, 0.15) is 15.9 Å². The number of hydrogen-bond donors (Lipinski definition) is 3. The van der Waals surface area contributed by atoms with E-state index in [0.29, 0.717) is 15.7 Å². The van der Waals surface area contributed by atoms with Crippen LogP contribution >= 0.6 is 15.9 Å². The number of hydrogen-bond acceptors (Lipinski definition) is 4. The van der Waals surface area contributed by atoms with Crippen LogP contribution in [0, 0.1) is 0 Å². The Hall–Kier alpha value is -1.92. The van der Waals surface area contributed by atoms with Gasteiger partial charge in [0, 0.05) is 16.4 Å². The van der Waals surface area contributed by atoms with Crippen molar-refractivity contribution in [1.82, 2.24) is 4.98 Å². The summed E-state index contributed by atoms with van der Waals surface area (Å²) in [6.07, 6.45) is 1.53. The lowest BCUT2D eigenvalue weighted by atomic mass is 10.2. The molecule has 0 atom stereocenters. The van der Waals surface area contributed by atoms with Gasteiger partial charge in [-0.3, -0.25) is 4.79 Å². The van der Waals surface area contributed by atoms with E-state index in [1.165, 1.54) is 6.20 Å². The predicted molar refractivity (Wildman–Crippen MR) is 76.7 cm³/mol. The number of halogens is 1. The summed E-state index contributed by atoms with van der Waals surface area (Å²) < 4.78 is 0.683. The number of rotatable bonds is 3. The number of anilines is 2. The Labute approximate surface area is 118 Å². The number of aliphatic hydroxyl groups is 1. The molecule has 0 bridgehead atoms. The van der Waals surface area contributed by atoms with Gasteiger partial charge in [0.2, 0.25) is 0 Å². The van der Waals surface area contributed by atoms with Crippen LogP contribution in [-0.4, -0.2) is 16.0 Å². The third-order valence-electron chi connectivity index (χ3n) is 2.52. The maximum Gasteiger partial charge on any atom is 0.259 e. The van der Waals surface area contributed by atoms with Gasteiger partial charge in [-0.05, 0) is 39.7 Å². The molecule has 1 heterocycles. The highest BCUT2D eigenvalue weighted by Gasteiger charge is 2.11. The lowest BCUT2D eigenvalue weighted by Gasteiger charge is -2.07. The largest absolute Gasteiger partial charge is 0.392 e. The minimum Gasteiger partial charge on any atom is -0.392 e. The first-order valence-corrected chi connectivity index (χ1v) is 6.31. The molecule has 0 saturated carbocycles. The zero-order chi connectivity index (χ0) is 13.8. The Bertz CT molecular complexity index is 599. The van der Waals surface area contributed by atoms with E-state index in [4.69, 9.17) is 10.8 Å². The van der Waals surface area contributed by atoms with Crippen LogP contribution in [0.25, 0.3) is 0 Å². The average molecular weight is 322 g/mol. The molecule has 19 heavy (non-hydrogen) atoms. The Morgan fingerprint density at radius 2 is 2.05 bits per heavy atom. The zero-order valence-electron chi connectivity index (χ0n) is 9.93. The minimum absolute atomic E-state index is 0.0310. The number of aliphatic hydroxyl groups excluding tert-OH is 1. The van der Waals surface area contributed by atoms with E-state index in [1.807, 2.05) is 0 Å². The van der Waals surface area contributed by atoms with Gasteiger partial charge in [-0.1, -0.05) is 12.1 Å². The van der Waals surface area contributed by atoms with Crippen LogP contribution in [0.4, 0.5) is 11.5 Å². The van der Waals surface area contributed by atoms with Gasteiger partial charge in [0.15, 0.2) is 0 Å². The molecule has 2 rings (SSSR count). The highest BCUT2D eigenvalue weighted by Crippen LogP contribution is 2.17. The molecule has 0 spiro atoms. The summed E-state index contributed by atoms with van der Waals surface area (Å²) in [5.41, 5.74) is 7.38. The third-order valence-corrected chi connectivity index (χ3v) is 2.96. The summed E-state index contributed by atoms with van der Waals surface area (Å²) in [5, 5.41) is 11.7. The first kappa shape index (κ1) is 13.5. The molecule has 0 aliphatic rings. The summed E-state index contributed by atoms with van der Waals surface area (Å²) >= 11 is 3.24. The van der Waals surface area contributed by atoms with Crippen LogP contribution in [-0.2, 0) is 6.61 Å². The number of nitrogens with two attached hydrogens (primary N) is 1. The Morgan fingerprint density at radius 3 is 2.68 bits per heavy atom. The molecule has 6 heteroatoms. The summed E-state index contributed by atoms with van der Waals surface area (Å²) in [4.78, 5) is 15.9. The molecule has 0 saturated heterocycles. The Kier molecular flexibility index (Phi) is 4.13. The smallest absolute Gasteiger partial charge is 0.259 e. The number of amides is 1. The van der Waals surface area contributed by atoms with Crippen LogP contribution < -0.4 is 11.1 Å². The van der Waals surface area contributed by atoms with Crippen molar-refractivity contribution in [1.29, 1.82) is 0 Å². The number of carbonyl (C=O) groups excluding carboxylic acids is 1. The predicted octanol–water partition coefficient (Wildman–Crippen LogP) is 2.17. The molecule has 0 fully saturated rings. The van der Waals surface area contributed by atoms with E-state index in [1.54, 1.807) is 30.3 Å². The van der Waals surface area contributed by atoms with Crippen LogP contribution in [0.15, 0.2) is 41.0 Å². The Balaban J connectivity index is 2.18. The van der Waals surface area contributed by atoms with Crippen LogP contribution in [0.3, 0.4) is 0 Å². The second-order valence-corrected chi connectivity index (χ2v) is 4.81. The molecule has 4 N–H and O–H groups in total. The molecule has 0 radical (unpaired) electrons. The quantitative estimate of drug-likeness (QED) is 0.808. The maximum atomic E-state index is 12.0. The van der Waals surface area contributed by atoms with Gasteiger partial charge in [-0.15, -0.1) is 0 Å². The van der Waals surface area contributed by atoms with Gasteiger partial charge in [0.1, 0.15) is 5.82 Å². The monoisotopic (exact) mass is 321 g/mol. The second kappa shape index (κ2) is 5.81. The average Bonchev–Trinajstić information content (AvgIpc) is 2.42. The van der Waals surface area contributed by atoms with Crippen molar-refractivity contribution in [3.63, 3.8) is 0 Å². The number of nitrogens with zero attached hydrogens (tertiary/aromatic N) is 1. The van der Waals surface area contributed by atoms with Crippen molar-refractivity contribution in [3.8, 4) is 0 Å². The third kappa shape index (κ3) is 3.30. The number of carbonyl (C=O) groups is 1. The number of aromatic nitrogens is 1. The van der Waals surface area contributed by atoms with Gasteiger partial charge in [0.05, 0.1) is 12.2 Å². The molecule has 1 amide bonds. The molecule has 5 nitrogen and oxygen atoms in total. The highest BCUT2D eigenvalue weighted by molar-refractivity contribution is 9.10. The van der Waals surface area contributed by atoms with Crippen molar-refractivity contribution in [3.05, 3.63) is 52.1 Å². The molecular weight excluding hydrogens is 310 g/mol. The van der Waals surface area contributed by atoms with Crippen LogP contribution in [0.2, 0.25) is 0 Å². The van der Waals surface area contributed by atoms with Gasteiger partial charge in [0.25, 0.3) is 5.91 Å². The van der Waals surface area contributed by atoms with Crippen molar-refractivity contribution in [2.24, 2.45) is 0 Å². The van der Waals surface area contributed by atoms with Gasteiger partial charge < -0.3 is 16.2 Å². The van der Waals surface area contributed by atoms with Gasteiger partial charge in [-0.25, -0.2) is 4.98 Å². The summed E-state index contributed by atoms with van der Waals surface area (Å²) in [6, 6.07) is 8.51.